The zero-order valence-electron chi connectivity index (χ0n) is 7.95. The molecule has 15 heavy (non-hydrogen) atoms. The highest BCUT2D eigenvalue weighted by Crippen LogP contribution is 2.22. The number of nitrogens with zero attached hydrogens (tertiary/aromatic N) is 2. The Morgan fingerprint density at radius 3 is 2.47 bits per heavy atom. The van der Waals surface area contributed by atoms with Crippen molar-refractivity contribution in [2.45, 2.75) is 12.3 Å². The standard InChI is InChI=1S/C10H8Cl2N2O/c1-6(11)10-13-9(14-15-10)7-2-4-8(12)5-3-7/h2-6H,1H3/t6-/m1/s1. The molecule has 0 amide bonds. The van der Waals surface area contributed by atoms with Gasteiger partial charge in [0, 0.05) is 10.6 Å². The maximum absolute atomic E-state index is 5.81. The minimum Gasteiger partial charge on any atom is -0.337 e. The van der Waals surface area contributed by atoms with E-state index in [0.717, 1.165) is 5.56 Å². The van der Waals surface area contributed by atoms with E-state index in [-0.39, 0.29) is 5.38 Å². The summed E-state index contributed by atoms with van der Waals surface area (Å²) < 4.78 is 4.98. The minimum atomic E-state index is -0.279. The molecular formula is C10H8Cl2N2O. The van der Waals surface area contributed by atoms with Crippen LogP contribution in [0.2, 0.25) is 5.02 Å². The van der Waals surface area contributed by atoms with Crippen molar-refractivity contribution in [2.75, 3.05) is 0 Å². The van der Waals surface area contributed by atoms with Gasteiger partial charge in [0.25, 0.3) is 0 Å². The monoisotopic (exact) mass is 242 g/mol. The minimum absolute atomic E-state index is 0.279. The molecule has 0 radical (unpaired) electrons. The summed E-state index contributed by atoms with van der Waals surface area (Å²) in [4.78, 5) is 4.16. The molecule has 3 nitrogen and oxygen atoms in total. The van der Waals surface area contributed by atoms with E-state index in [0.29, 0.717) is 16.7 Å². The first-order valence-corrected chi connectivity index (χ1v) is 5.22. The Hall–Kier alpha value is -1.06. The van der Waals surface area contributed by atoms with Gasteiger partial charge in [-0.15, -0.1) is 11.6 Å². The highest BCUT2D eigenvalue weighted by Gasteiger charge is 2.12. The summed E-state index contributed by atoms with van der Waals surface area (Å²) in [5.41, 5.74) is 0.853. The Labute approximate surface area is 97.0 Å². The lowest BCUT2D eigenvalue weighted by Gasteiger charge is -1.93. The Kier molecular flexibility index (Phi) is 2.93. The maximum atomic E-state index is 5.81. The molecule has 2 aromatic rings. The number of hydrogen-bond acceptors (Lipinski definition) is 3. The molecule has 78 valence electrons. The van der Waals surface area contributed by atoms with Gasteiger partial charge in [-0.25, -0.2) is 0 Å². The molecule has 1 atom stereocenters. The highest BCUT2D eigenvalue weighted by molar-refractivity contribution is 6.30. The van der Waals surface area contributed by atoms with Crippen LogP contribution in [-0.4, -0.2) is 10.1 Å². The Balaban J connectivity index is 2.33. The molecular weight excluding hydrogens is 235 g/mol. The first-order chi connectivity index (χ1) is 7.16. The van der Waals surface area contributed by atoms with Crippen molar-refractivity contribution < 1.29 is 4.52 Å². The van der Waals surface area contributed by atoms with Crippen LogP contribution < -0.4 is 0 Å². The lowest BCUT2D eigenvalue weighted by Crippen LogP contribution is -1.84. The van der Waals surface area contributed by atoms with E-state index in [2.05, 4.69) is 10.1 Å². The molecule has 2 rings (SSSR count). The molecule has 0 aliphatic carbocycles. The SMILES string of the molecule is C[C@@H](Cl)c1nc(-c2ccc(Cl)cc2)no1. The van der Waals surface area contributed by atoms with Gasteiger partial charge >= 0.3 is 0 Å². The first-order valence-electron chi connectivity index (χ1n) is 4.40. The fourth-order valence-corrected chi connectivity index (χ4v) is 1.33. The molecule has 0 saturated carbocycles. The largest absolute Gasteiger partial charge is 0.337 e. The summed E-state index contributed by atoms with van der Waals surface area (Å²) in [5, 5.41) is 4.22. The third kappa shape index (κ3) is 2.30. The van der Waals surface area contributed by atoms with E-state index >= 15 is 0 Å². The van der Waals surface area contributed by atoms with Crippen molar-refractivity contribution in [3.63, 3.8) is 0 Å². The predicted molar refractivity (Wildman–Crippen MR) is 59.0 cm³/mol. The van der Waals surface area contributed by atoms with Gasteiger partial charge in [0.05, 0.1) is 0 Å². The normalized spacial score (nSPS) is 12.7. The highest BCUT2D eigenvalue weighted by atomic mass is 35.5. The molecule has 0 spiro atoms. The van der Waals surface area contributed by atoms with Crippen LogP contribution in [0, 0.1) is 0 Å². The second-order valence-electron chi connectivity index (χ2n) is 3.08. The maximum Gasteiger partial charge on any atom is 0.244 e. The number of halogens is 2. The van der Waals surface area contributed by atoms with Crippen molar-refractivity contribution in [1.82, 2.24) is 10.1 Å². The van der Waals surface area contributed by atoms with E-state index in [1.807, 2.05) is 12.1 Å². The van der Waals surface area contributed by atoms with E-state index in [4.69, 9.17) is 27.7 Å². The summed E-state index contributed by atoms with van der Waals surface area (Å²) >= 11 is 11.6. The van der Waals surface area contributed by atoms with Gasteiger partial charge in [-0.05, 0) is 31.2 Å². The van der Waals surface area contributed by atoms with Crippen LogP contribution in [-0.2, 0) is 0 Å². The average Bonchev–Trinajstić information content (AvgIpc) is 2.68. The van der Waals surface area contributed by atoms with Crippen LogP contribution >= 0.6 is 23.2 Å². The summed E-state index contributed by atoms with van der Waals surface area (Å²) in [6.07, 6.45) is 0. The van der Waals surface area contributed by atoms with Crippen LogP contribution in [0.3, 0.4) is 0 Å². The Morgan fingerprint density at radius 1 is 1.27 bits per heavy atom. The molecule has 0 bridgehead atoms. The smallest absolute Gasteiger partial charge is 0.244 e. The molecule has 0 fully saturated rings. The fourth-order valence-electron chi connectivity index (χ4n) is 1.11. The molecule has 0 aliphatic rings. The van der Waals surface area contributed by atoms with Crippen LogP contribution in [0.4, 0.5) is 0 Å². The van der Waals surface area contributed by atoms with Crippen molar-refractivity contribution in [3.8, 4) is 11.4 Å². The Bertz CT molecular complexity index is 451. The summed E-state index contributed by atoms with van der Waals surface area (Å²) in [7, 11) is 0. The second kappa shape index (κ2) is 4.21. The lowest BCUT2D eigenvalue weighted by atomic mass is 10.2. The van der Waals surface area contributed by atoms with Crippen molar-refractivity contribution in [3.05, 3.63) is 35.2 Å². The van der Waals surface area contributed by atoms with Gasteiger partial charge in [-0.3, -0.25) is 0 Å². The first kappa shape index (κ1) is 10.5. The van der Waals surface area contributed by atoms with Gasteiger partial charge < -0.3 is 4.52 Å². The predicted octanol–water partition coefficient (Wildman–Crippen LogP) is 3.69. The number of rotatable bonds is 2. The topological polar surface area (TPSA) is 38.9 Å². The van der Waals surface area contributed by atoms with Crippen molar-refractivity contribution >= 4 is 23.2 Å². The average molecular weight is 243 g/mol. The molecule has 1 aromatic heterocycles. The fraction of sp³-hybridized carbons (Fsp3) is 0.200. The zero-order valence-corrected chi connectivity index (χ0v) is 9.46. The number of hydrogen-bond donors (Lipinski definition) is 0. The Morgan fingerprint density at radius 2 is 1.93 bits per heavy atom. The third-order valence-electron chi connectivity index (χ3n) is 1.88. The van der Waals surface area contributed by atoms with Gasteiger partial charge in [0.1, 0.15) is 5.38 Å². The number of alkyl halides is 1. The van der Waals surface area contributed by atoms with Crippen LogP contribution in [0.1, 0.15) is 18.2 Å². The molecule has 0 N–H and O–H groups in total. The van der Waals surface area contributed by atoms with Crippen LogP contribution in [0.15, 0.2) is 28.8 Å². The van der Waals surface area contributed by atoms with Crippen molar-refractivity contribution in [1.29, 1.82) is 0 Å². The van der Waals surface area contributed by atoms with Gasteiger partial charge in [0.2, 0.25) is 11.7 Å². The lowest BCUT2D eigenvalue weighted by molar-refractivity contribution is 0.379. The quantitative estimate of drug-likeness (QED) is 0.755. The summed E-state index contributed by atoms with van der Waals surface area (Å²) in [6.45, 7) is 1.78. The molecule has 0 saturated heterocycles. The molecule has 1 aromatic carbocycles. The van der Waals surface area contributed by atoms with Gasteiger partial charge in [-0.1, -0.05) is 16.8 Å². The van der Waals surface area contributed by atoms with Crippen molar-refractivity contribution in [2.24, 2.45) is 0 Å². The second-order valence-corrected chi connectivity index (χ2v) is 4.17. The third-order valence-corrected chi connectivity index (χ3v) is 2.32. The van der Waals surface area contributed by atoms with Crippen LogP contribution in [0.5, 0.6) is 0 Å². The number of benzene rings is 1. The van der Waals surface area contributed by atoms with Crippen LogP contribution in [0.25, 0.3) is 11.4 Å². The molecule has 0 aliphatic heterocycles. The summed E-state index contributed by atoms with van der Waals surface area (Å²) in [5.74, 6) is 0.941. The zero-order chi connectivity index (χ0) is 10.8. The van der Waals surface area contributed by atoms with E-state index in [1.54, 1.807) is 19.1 Å². The van der Waals surface area contributed by atoms with E-state index in [1.165, 1.54) is 0 Å². The van der Waals surface area contributed by atoms with E-state index < -0.39 is 0 Å². The molecule has 0 unspecified atom stereocenters. The van der Waals surface area contributed by atoms with E-state index in [9.17, 15) is 0 Å². The van der Waals surface area contributed by atoms with Gasteiger partial charge in [0.15, 0.2) is 0 Å². The molecule has 5 heteroatoms. The summed E-state index contributed by atoms with van der Waals surface area (Å²) in [6, 6.07) is 7.21. The van der Waals surface area contributed by atoms with Gasteiger partial charge in [-0.2, -0.15) is 4.98 Å². The molecule has 1 heterocycles. The number of aromatic nitrogens is 2.